The third-order valence-corrected chi connectivity index (χ3v) is 11.2. The van der Waals surface area contributed by atoms with E-state index < -0.39 is 17.8 Å². The Bertz CT molecular complexity index is 864. The van der Waals surface area contributed by atoms with E-state index in [1.807, 2.05) is 0 Å². The van der Waals surface area contributed by atoms with E-state index >= 15 is 0 Å². The Hall–Kier alpha value is -0.970. The van der Waals surface area contributed by atoms with E-state index in [4.69, 9.17) is 0 Å². The molecule has 0 aromatic carbocycles. The zero-order valence-corrected chi connectivity index (χ0v) is 22.5. The summed E-state index contributed by atoms with van der Waals surface area (Å²) in [6.45, 7) is 14.9. The van der Waals surface area contributed by atoms with Gasteiger partial charge in [0.15, 0.2) is 5.78 Å². The van der Waals surface area contributed by atoms with Gasteiger partial charge in [0.2, 0.25) is 0 Å². The first-order valence-corrected chi connectivity index (χ1v) is 13.6. The van der Waals surface area contributed by atoms with Crippen LogP contribution in [0.25, 0.3) is 0 Å². The molecular formula is C30H48O4. The van der Waals surface area contributed by atoms with Crippen LogP contribution in [-0.4, -0.2) is 38.9 Å². The second-order valence-electron chi connectivity index (χ2n) is 13.9. The van der Waals surface area contributed by atoms with Crippen molar-refractivity contribution >= 4 is 5.78 Å². The molecule has 2 saturated carbocycles. The summed E-state index contributed by atoms with van der Waals surface area (Å²) < 4.78 is 0. The van der Waals surface area contributed by atoms with Gasteiger partial charge in [0.05, 0.1) is 17.8 Å². The number of carbonyl (C=O) groups is 1. The average molecular weight is 473 g/mol. The van der Waals surface area contributed by atoms with Gasteiger partial charge in [-0.1, -0.05) is 52.3 Å². The highest BCUT2D eigenvalue weighted by molar-refractivity contribution is 5.93. The molecule has 4 heteroatoms. The van der Waals surface area contributed by atoms with Gasteiger partial charge in [-0.15, -0.1) is 0 Å². The van der Waals surface area contributed by atoms with Crippen LogP contribution in [0.5, 0.6) is 0 Å². The number of allylic oxidation sites excluding steroid dienone is 3. The van der Waals surface area contributed by atoms with Crippen molar-refractivity contribution < 1.29 is 20.1 Å². The number of aliphatic hydroxyl groups is 3. The van der Waals surface area contributed by atoms with Crippen molar-refractivity contribution in [3.05, 3.63) is 23.8 Å². The first-order valence-electron chi connectivity index (χ1n) is 13.6. The minimum atomic E-state index is -1.07. The monoisotopic (exact) mass is 472 g/mol. The van der Waals surface area contributed by atoms with Crippen LogP contribution in [0.3, 0.4) is 0 Å². The molecule has 0 unspecified atom stereocenters. The SMILES string of the molecule is C[C@H](CC[C@H](O)C(C)(C)O)[C@H]1CC[C@@]2(C)[C@H]3C(=CC[C@]12C)C[C@H]1C(=O)C=CC(C)(C)[C@@H]1C[C@@H]3O. The third kappa shape index (κ3) is 4.06. The van der Waals surface area contributed by atoms with E-state index in [1.54, 1.807) is 19.9 Å². The van der Waals surface area contributed by atoms with Gasteiger partial charge in [-0.25, -0.2) is 0 Å². The van der Waals surface area contributed by atoms with Gasteiger partial charge in [-0.2, -0.15) is 0 Å². The van der Waals surface area contributed by atoms with E-state index in [2.05, 4.69) is 46.8 Å². The van der Waals surface area contributed by atoms with Crippen LogP contribution in [0.1, 0.15) is 93.4 Å². The van der Waals surface area contributed by atoms with Gasteiger partial charge < -0.3 is 15.3 Å². The summed E-state index contributed by atoms with van der Waals surface area (Å²) >= 11 is 0. The highest BCUT2D eigenvalue weighted by atomic mass is 16.3. The van der Waals surface area contributed by atoms with Gasteiger partial charge in [0.25, 0.3) is 0 Å². The lowest BCUT2D eigenvalue weighted by atomic mass is 9.50. The molecule has 3 N–H and O–H groups in total. The van der Waals surface area contributed by atoms with E-state index in [0.717, 1.165) is 32.1 Å². The molecule has 9 atom stereocenters. The predicted molar refractivity (Wildman–Crippen MR) is 136 cm³/mol. The summed E-state index contributed by atoms with van der Waals surface area (Å²) in [5.74, 6) is 1.47. The summed E-state index contributed by atoms with van der Waals surface area (Å²) in [5, 5.41) is 32.3. The van der Waals surface area contributed by atoms with Gasteiger partial charge in [-0.05, 0) is 98.9 Å². The van der Waals surface area contributed by atoms with Crippen molar-refractivity contribution in [3.8, 4) is 0 Å². The molecule has 0 aromatic heterocycles. The fourth-order valence-corrected chi connectivity index (χ4v) is 8.65. The molecule has 0 radical (unpaired) electrons. The molecule has 4 rings (SSSR count). The van der Waals surface area contributed by atoms with Crippen molar-refractivity contribution in [1.82, 2.24) is 0 Å². The Kier molecular flexibility index (Phi) is 6.57. The Morgan fingerprint density at radius 2 is 1.82 bits per heavy atom. The molecule has 0 aromatic rings. The zero-order valence-electron chi connectivity index (χ0n) is 22.5. The number of ketones is 1. The highest BCUT2D eigenvalue weighted by Crippen LogP contribution is 2.69. The Balaban J connectivity index is 1.60. The smallest absolute Gasteiger partial charge is 0.159 e. The lowest BCUT2D eigenvalue weighted by Crippen LogP contribution is -2.50. The minimum absolute atomic E-state index is 0.00158. The van der Waals surface area contributed by atoms with Crippen LogP contribution >= 0.6 is 0 Å². The van der Waals surface area contributed by atoms with Gasteiger partial charge in [0, 0.05) is 11.8 Å². The quantitative estimate of drug-likeness (QED) is 0.465. The van der Waals surface area contributed by atoms with Crippen LogP contribution < -0.4 is 0 Å². The lowest BCUT2D eigenvalue weighted by Gasteiger charge is -2.54. The first-order chi connectivity index (χ1) is 15.6. The molecule has 4 aliphatic carbocycles. The predicted octanol–water partition coefficient (Wildman–Crippen LogP) is 5.46. The largest absolute Gasteiger partial charge is 0.392 e. The minimum Gasteiger partial charge on any atom is -0.392 e. The summed E-state index contributed by atoms with van der Waals surface area (Å²) in [7, 11) is 0. The van der Waals surface area contributed by atoms with Gasteiger partial charge >= 0.3 is 0 Å². The van der Waals surface area contributed by atoms with E-state index in [9.17, 15) is 20.1 Å². The molecule has 4 aliphatic rings. The van der Waals surface area contributed by atoms with Crippen LogP contribution in [0.2, 0.25) is 0 Å². The maximum atomic E-state index is 12.9. The van der Waals surface area contributed by atoms with Crippen molar-refractivity contribution in [3.63, 3.8) is 0 Å². The first kappa shape index (κ1) is 26.1. The molecule has 4 nitrogen and oxygen atoms in total. The number of carbonyl (C=O) groups excluding carboxylic acids is 1. The average Bonchev–Trinajstić information content (AvgIpc) is 2.90. The maximum Gasteiger partial charge on any atom is 0.159 e. The molecule has 0 saturated heterocycles. The normalized spacial score (nSPS) is 43.3. The van der Waals surface area contributed by atoms with Crippen LogP contribution in [0, 0.1) is 45.8 Å². The summed E-state index contributed by atoms with van der Waals surface area (Å²) in [5.41, 5.74) is 0.251. The maximum absolute atomic E-state index is 12.9. The van der Waals surface area contributed by atoms with Gasteiger partial charge in [-0.3, -0.25) is 4.79 Å². The van der Waals surface area contributed by atoms with Crippen LogP contribution in [0.15, 0.2) is 23.8 Å². The molecule has 0 amide bonds. The van der Waals surface area contributed by atoms with Crippen molar-refractivity contribution in [2.24, 2.45) is 45.8 Å². The van der Waals surface area contributed by atoms with Crippen molar-refractivity contribution in [2.75, 3.05) is 0 Å². The summed E-state index contributed by atoms with van der Waals surface area (Å²) in [6, 6.07) is 0. The van der Waals surface area contributed by atoms with Crippen LogP contribution in [-0.2, 0) is 4.79 Å². The Morgan fingerprint density at radius 3 is 2.47 bits per heavy atom. The Labute approximate surface area is 206 Å². The second-order valence-corrected chi connectivity index (χ2v) is 13.9. The molecule has 0 spiro atoms. The fourth-order valence-electron chi connectivity index (χ4n) is 8.65. The standard InChI is InChI=1S/C30H48O4/c1-18(8-9-25(33)28(4,5)34)21-11-15-30(7)26-19(10-14-29(21,30)6)16-20-22(17-24(26)32)27(2,3)13-12-23(20)31/h10,12-13,18,20-22,24-26,32-34H,8-9,11,14-17H2,1-7H3/t18-,20-,21-,22-,24+,25+,26+,29-,30+/m1/s1. The summed E-state index contributed by atoms with van der Waals surface area (Å²) in [4.78, 5) is 12.9. The third-order valence-electron chi connectivity index (χ3n) is 11.2. The van der Waals surface area contributed by atoms with E-state index in [0.29, 0.717) is 24.7 Å². The lowest BCUT2D eigenvalue weighted by molar-refractivity contribution is -0.122. The van der Waals surface area contributed by atoms with Crippen molar-refractivity contribution in [2.45, 2.75) is 111 Å². The number of fused-ring (bicyclic) bond motifs is 4. The fraction of sp³-hybridized carbons (Fsp3) is 0.833. The molecule has 34 heavy (non-hydrogen) atoms. The van der Waals surface area contributed by atoms with Crippen molar-refractivity contribution in [1.29, 1.82) is 0 Å². The molecule has 192 valence electrons. The number of hydrogen-bond acceptors (Lipinski definition) is 4. The van der Waals surface area contributed by atoms with E-state index in [-0.39, 0.29) is 39.8 Å². The Morgan fingerprint density at radius 1 is 1.15 bits per heavy atom. The number of rotatable bonds is 5. The topological polar surface area (TPSA) is 77.8 Å². The van der Waals surface area contributed by atoms with Gasteiger partial charge in [0.1, 0.15) is 0 Å². The molecule has 0 heterocycles. The number of hydrogen-bond donors (Lipinski definition) is 3. The molecule has 0 bridgehead atoms. The molecule has 0 aliphatic heterocycles. The zero-order chi connectivity index (χ0) is 25.3. The molecule has 2 fully saturated rings. The number of aliphatic hydroxyl groups excluding tert-OH is 2. The molecular weight excluding hydrogens is 424 g/mol. The highest BCUT2D eigenvalue weighted by Gasteiger charge is 2.63. The summed E-state index contributed by atoms with van der Waals surface area (Å²) in [6.07, 6.45) is 11.3. The van der Waals surface area contributed by atoms with Crippen LogP contribution in [0.4, 0.5) is 0 Å². The van der Waals surface area contributed by atoms with E-state index in [1.165, 1.54) is 5.57 Å². The second kappa shape index (κ2) is 8.56.